The van der Waals surface area contributed by atoms with Crippen LogP contribution >= 0.6 is 11.3 Å². The van der Waals surface area contributed by atoms with Gasteiger partial charge in [-0.25, -0.2) is 9.59 Å². The van der Waals surface area contributed by atoms with Gasteiger partial charge in [0.1, 0.15) is 5.00 Å². The van der Waals surface area contributed by atoms with Gasteiger partial charge in [0.05, 0.1) is 12.2 Å². The summed E-state index contributed by atoms with van der Waals surface area (Å²) in [6, 6.07) is 1.56. The number of carbonyl (C=O) groups is 2. The summed E-state index contributed by atoms with van der Waals surface area (Å²) in [6.07, 6.45) is 0.816. The van der Waals surface area contributed by atoms with Crippen LogP contribution in [-0.2, 0) is 11.2 Å². The van der Waals surface area contributed by atoms with Gasteiger partial charge in [-0.3, -0.25) is 5.32 Å². The molecule has 0 radical (unpaired) electrons. The number of amides is 2. The first kappa shape index (κ1) is 15.5. The van der Waals surface area contributed by atoms with Gasteiger partial charge in [0.25, 0.3) is 0 Å². The van der Waals surface area contributed by atoms with Crippen LogP contribution in [0.4, 0.5) is 9.80 Å². The lowest BCUT2D eigenvalue weighted by atomic mass is 10.2. The largest absolute Gasteiger partial charge is 0.462 e. The van der Waals surface area contributed by atoms with E-state index in [1.807, 2.05) is 13.8 Å². The highest BCUT2D eigenvalue weighted by Crippen LogP contribution is 2.29. The van der Waals surface area contributed by atoms with E-state index in [0.29, 0.717) is 23.7 Å². The van der Waals surface area contributed by atoms with Gasteiger partial charge in [-0.05, 0) is 26.3 Å². The van der Waals surface area contributed by atoms with Crippen molar-refractivity contribution in [1.82, 2.24) is 4.90 Å². The van der Waals surface area contributed by atoms with Crippen LogP contribution in [0.1, 0.15) is 36.0 Å². The molecule has 0 aliphatic rings. The zero-order valence-electron chi connectivity index (χ0n) is 11.8. The lowest BCUT2D eigenvalue weighted by Crippen LogP contribution is -2.31. The van der Waals surface area contributed by atoms with E-state index in [9.17, 15) is 9.59 Å². The summed E-state index contributed by atoms with van der Waals surface area (Å²) in [6.45, 7) is 6.57. The average Bonchev–Trinajstić information content (AvgIpc) is 2.81. The van der Waals surface area contributed by atoms with Crippen molar-refractivity contribution in [1.29, 1.82) is 0 Å². The molecule has 0 fully saturated rings. The molecule has 0 aliphatic carbocycles. The Morgan fingerprint density at radius 1 is 1.37 bits per heavy atom. The highest BCUT2D eigenvalue weighted by Gasteiger charge is 2.19. The number of nitrogens with zero attached hydrogens (tertiary/aromatic N) is 1. The highest BCUT2D eigenvalue weighted by atomic mass is 32.1. The van der Waals surface area contributed by atoms with Crippen LogP contribution in [0.2, 0.25) is 0 Å². The van der Waals surface area contributed by atoms with Crippen LogP contribution in [0.3, 0.4) is 0 Å². The molecule has 0 aliphatic heterocycles. The number of esters is 1. The normalized spacial score (nSPS) is 10.1. The van der Waals surface area contributed by atoms with Gasteiger partial charge in [-0.1, -0.05) is 6.92 Å². The lowest BCUT2D eigenvalue weighted by molar-refractivity contribution is 0.0528. The Morgan fingerprint density at radius 2 is 2.05 bits per heavy atom. The van der Waals surface area contributed by atoms with E-state index >= 15 is 0 Å². The van der Waals surface area contributed by atoms with Crippen LogP contribution in [-0.4, -0.2) is 37.1 Å². The molecule has 19 heavy (non-hydrogen) atoms. The number of nitrogens with one attached hydrogen (secondary N) is 1. The Kier molecular flexibility index (Phi) is 5.82. The van der Waals surface area contributed by atoms with Gasteiger partial charge < -0.3 is 9.64 Å². The molecule has 0 unspecified atom stereocenters. The van der Waals surface area contributed by atoms with Crippen LogP contribution < -0.4 is 5.32 Å². The van der Waals surface area contributed by atoms with Crippen molar-refractivity contribution >= 4 is 28.3 Å². The summed E-state index contributed by atoms with van der Waals surface area (Å²) in [5.41, 5.74) is 0.432. The second-order valence-electron chi connectivity index (χ2n) is 3.97. The van der Waals surface area contributed by atoms with Gasteiger partial charge in [0.2, 0.25) is 0 Å². The molecule has 0 atom stereocenters. The fraction of sp³-hybridized carbons (Fsp3) is 0.538. The molecule has 0 aromatic carbocycles. The van der Waals surface area contributed by atoms with Gasteiger partial charge in [-0.2, -0.15) is 0 Å². The number of aryl methyl sites for hydroxylation is 1. The van der Waals surface area contributed by atoms with Crippen LogP contribution in [0.25, 0.3) is 0 Å². The third kappa shape index (κ3) is 3.96. The summed E-state index contributed by atoms with van der Waals surface area (Å²) in [5.74, 6) is -0.395. The molecule has 106 valence electrons. The second kappa shape index (κ2) is 7.13. The Labute approximate surface area is 117 Å². The molecule has 2 amide bonds. The monoisotopic (exact) mass is 284 g/mol. The fourth-order valence-corrected chi connectivity index (χ4v) is 2.38. The predicted octanol–water partition coefficient (Wildman–Crippen LogP) is 2.97. The number of ether oxygens (including phenoxy) is 1. The zero-order chi connectivity index (χ0) is 14.4. The van der Waals surface area contributed by atoms with Crippen molar-refractivity contribution < 1.29 is 14.3 Å². The number of thiophene rings is 1. The number of carbonyl (C=O) groups excluding carboxylic acids is 2. The Hall–Kier alpha value is -1.56. The van der Waals surface area contributed by atoms with Crippen molar-refractivity contribution in [3.63, 3.8) is 0 Å². The molecule has 1 aromatic heterocycles. The van der Waals surface area contributed by atoms with E-state index in [1.165, 1.54) is 11.3 Å². The van der Waals surface area contributed by atoms with Gasteiger partial charge in [0, 0.05) is 18.5 Å². The van der Waals surface area contributed by atoms with Gasteiger partial charge >= 0.3 is 12.0 Å². The summed E-state index contributed by atoms with van der Waals surface area (Å²) in [7, 11) is 1.70. The summed E-state index contributed by atoms with van der Waals surface area (Å²) >= 11 is 1.41. The smallest absolute Gasteiger partial charge is 0.341 e. The molecule has 0 bridgehead atoms. The molecule has 6 heteroatoms. The molecule has 0 saturated heterocycles. The first-order chi connectivity index (χ1) is 9.03. The highest BCUT2D eigenvalue weighted by molar-refractivity contribution is 7.16. The predicted molar refractivity (Wildman–Crippen MR) is 77.0 cm³/mol. The van der Waals surface area contributed by atoms with Crippen LogP contribution in [0.15, 0.2) is 6.07 Å². The van der Waals surface area contributed by atoms with Crippen molar-refractivity contribution in [3.05, 3.63) is 16.5 Å². The molecule has 0 spiro atoms. The number of anilines is 1. The van der Waals surface area contributed by atoms with Gasteiger partial charge in [-0.15, -0.1) is 11.3 Å². The Morgan fingerprint density at radius 3 is 2.58 bits per heavy atom. The van der Waals surface area contributed by atoms with E-state index in [1.54, 1.807) is 24.9 Å². The first-order valence-corrected chi connectivity index (χ1v) is 7.17. The van der Waals surface area contributed by atoms with E-state index in [0.717, 1.165) is 11.3 Å². The minimum Gasteiger partial charge on any atom is -0.462 e. The lowest BCUT2D eigenvalue weighted by Gasteiger charge is -2.15. The van der Waals surface area contributed by atoms with Crippen LogP contribution in [0, 0.1) is 0 Å². The summed E-state index contributed by atoms with van der Waals surface area (Å²) in [5, 5.41) is 3.32. The Balaban J connectivity index is 2.95. The maximum absolute atomic E-state index is 11.8. The molecule has 1 rings (SSSR count). The third-order valence-corrected chi connectivity index (χ3v) is 3.86. The van der Waals surface area contributed by atoms with E-state index < -0.39 is 5.97 Å². The first-order valence-electron chi connectivity index (χ1n) is 6.35. The topological polar surface area (TPSA) is 58.6 Å². The minimum atomic E-state index is -0.395. The van der Waals surface area contributed by atoms with Crippen molar-refractivity contribution in [3.8, 4) is 0 Å². The maximum atomic E-state index is 11.8. The quantitative estimate of drug-likeness (QED) is 0.846. The molecule has 1 aromatic rings. The maximum Gasteiger partial charge on any atom is 0.341 e. The SMILES string of the molecule is CCOC(=O)c1cc(CC)sc1NC(=O)N(C)CC. The van der Waals surface area contributed by atoms with E-state index in [2.05, 4.69) is 5.32 Å². The number of urea groups is 1. The molecule has 0 saturated carbocycles. The number of hydrogen-bond donors (Lipinski definition) is 1. The minimum absolute atomic E-state index is 0.224. The fourth-order valence-electron chi connectivity index (χ4n) is 1.41. The molecular formula is C13H20N2O3S. The molecule has 1 N–H and O–H groups in total. The number of rotatable bonds is 5. The third-order valence-electron chi connectivity index (χ3n) is 2.67. The van der Waals surface area contributed by atoms with Gasteiger partial charge in [0.15, 0.2) is 0 Å². The number of hydrogen-bond acceptors (Lipinski definition) is 4. The van der Waals surface area contributed by atoms with E-state index in [-0.39, 0.29) is 6.03 Å². The van der Waals surface area contributed by atoms with Crippen molar-refractivity contribution in [2.45, 2.75) is 27.2 Å². The summed E-state index contributed by atoms with van der Waals surface area (Å²) < 4.78 is 5.00. The standard InChI is InChI=1S/C13H20N2O3S/c1-5-9-8-10(12(16)18-7-3)11(19-9)14-13(17)15(4)6-2/h8H,5-7H2,1-4H3,(H,14,17). The van der Waals surface area contributed by atoms with Crippen molar-refractivity contribution in [2.75, 3.05) is 25.5 Å². The Bertz CT molecular complexity index is 457. The van der Waals surface area contributed by atoms with Crippen LogP contribution in [0.5, 0.6) is 0 Å². The average molecular weight is 284 g/mol. The molecular weight excluding hydrogens is 264 g/mol. The summed E-state index contributed by atoms with van der Waals surface area (Å²) in [4.78, 5) is 26.3. The van der Waals surface area contributed by atoms with E-state index in [4.69, 9.17) is 4.74 Å². The molecule has 5 nitrogen and oxygen atoms in total. The molecule has 1 heterocycles. The van der Waals surface area contributed by atoms with Crippen molar-refractivity contribution in [2.24, 2.45) is 0 Å². The zero-order valence-corrected chi connectivity index (χ0v) is 12.6. The second-order valence-corrected chi connectivity index (χ2v) is 5.11.